The Balaban J connectivity index is 2.11. The van der Waals surface area contributed by atoms with E-state index >= 15 is 0 Å². The fraction of sp³-hybridized carbons (Fsp3) is 0.200. The highest BCUT2D eigenvalue weighted by molar-refractivity contribution is 6.31. The average molecular weight is 313 g/mol. The summed E-state index contributed by atoms with van der Waals surface area (Å²) in [5, 5.41) is 0.834. The van der Waals surface area contributed by atoms with Gasteiger partial charge >= 0.3 is 0 Å². The fourth-order valence-corrected chi connectivity index (χ4v) is 2.53. The summed E-state index contributed by atoms with van der Waals surface area (Å²) in [7, 11) is 0. The summed E-state index contributed by atoms with van der Waals surface area (Å²) in [6.45, 7) is 0. The first-order valence-electron chi connectivity index (χ1n) is 6.23. The zero-order chi connectivity index (χ0) is 14.5. The summed E-state index contributed by atoms with van der Waals surface area (Å²) in [6.07, 6.45) is 1.23. The molecule has 0 aliphatic carbocycles. The number of hydrazine groups is 1. The van der Waals surface area contributed by atoms with Gasteiger partial charge in [-0.05, 0) is 42.2 Å². The molecule has 0 aliphatic heterocycles. The van der Waals surface area contributed by atoms with E-state index in [1.165, 1.54) is 6.07 Å². The van der Waals surface area contributed by atoms with Crippen molar-refractivity contribution in [3.8, 4) is 0 Å². The van der Waals surface area contributed by atoms with Crippen molar-refractivity contribution in [2.75, 3.05) is 0 Å². The van der Waals surface area contributed by atoms with Crippen molar-refractivity contribution < 1.29 is 4.39 Å². The van der Waals surface area contributed by atoms with Crippen molar-refractivity contribution in [2.45, 2.75) is 18.9 Å². The summed E-state index contributed by atoms with van der Waals surface area (Å²) < 4.78 is 13.4. The Morgan fingerprint density at radius 3 is 2.55 bits per heavy atom. The monoisotopic (exact) mass is 312 g/mol. The molecule has 0 spiro atoms. The van der Waals surface area contributed by atoms with Gasteiger partial charge in [0.25, 0.3) is 0 Å². The van der Waals surface area contributed by atoms with E-state index in [9.17, 15) is 4.39 Å². The smallest absolute Gasteiger partial charge is 0.142 e. The number of hydrogen-bond acceptors (Lipinski definition) is 2. The molecule has 106 valence electrons. The van der Waals surface area contributed by atoms with Crippen molar-refractivity contribution in [1.29, 1.82) is 0 Å². The Morgan fingerprint density at radius 1 is 1.10 bits per heavy atom. The second-order valence-electron chi connectivity index (χ2n) is 4.61. The molecule has 5 heteroatoms. The van der Waals surface area contributed by atoms with E-state index in [1.807, 2.05) is 24.3 Å². The number of benzene rings is 2. The van der Waals surface area contributed by atoms with Crippen LogP contribution in [0.5, 0.6) is 0 Å². The molecule has 20 heavy (non-hydrogen) atoms. The Bertz CT molecular complexity index is 590. The first-order chi connectivity index (χ1) is 9.60. The molecule has 1 unspecified atom stereocenters. The third-order valence-corrected chi connectivity index (χ3v) is 3.76. The SMILES string of the molecule is NNC(Cc1cccc(Cl)c1)Cc1cccc(F)c1Cl. The second kappa shape index (κ2) is 7.04. The van der Waals surface area contributed by atoms with Gasteiger partial charge in [0.15, 0.2) is 0 Å². The Labute approximate surface area is 127 Å². The minimum atomic E-state index is -0.414. The highest BCUT2D eigenvalue weighted by atomic mass is 35.5. The van der Waals surface area contributed by atoms with Crippen molar-refractivity contribution in [1.82, 2.24) is 5.43 Å². The quantitative estimate of drug-likeness (QED) is 0.652. The highest BCUT2D eigenvalue weighted by Gasteiger charge is 2.13. The van der Waals surface area contributed by atoms with Gasteiger partial charge in [-0.1, -0.05) is 47.5 Å². The van der Waals surface area contributed by atoms with Crippen LogP contribution in [0, 0.1) is 5.82 Å². The van der Waals surface area contributed by atoms with E-state index < -0.39 is 5.82 Å². The number of halogens is 3. The number of nitrogens with one attached hydrogen (secondary N) is 1. The van der Waals surface area contributed by atoms with Crippen LogP contribution in [-0.2, 0) is 12.8 Å². The summed E-state index contributed by atoms with van der Waals surface area (Å²) >= 11 is 11.9. The molecular weight excluding hydrogens is 298 g/mol. The van der Waals surface area contributed by atoms with E-state index in [2.05, 4.69) is 5.43 Å². The molecule has 0 aliphatic rings. The van der Waals surface area contributed by atoms with E-state index in [1.54, 1.807) is 12.1 Å². The van der Waals surface area contributed by atoms with Crippen molar-refractivity contribution in [3.63, 3.8) is 0 Å². The minimum Gasteiger partial charge on any atom is -0.271 e. The van der Waals surface area contributed by atoms with Crippen LogP contribution in [0.25, 0.3) is 0 Å². The molecule has 2 nitrogen and oxygen atoms in total. The van der Waals surface area contributed by atoms with Crippen LogP contribution in [0.1, 0.15) is 11.1 Å². The molecule has 3 N–H and O–H groups in total. The van der Waals surface area contributed by atoms with Crippen LogP contribution < -0.4 is 11.3 Å². The molecular formula is C15H15Cl2FN2. The topological polar surface area (TPSA) is 38.0 Å². The molecule has 2 rings (SSSR count). The predicted octanol–water partition coefficient (Wildman–Crippen LogP) is 3.75. The summed E-state index contributed by atoms with van der Waals surface area (Å²) in [5.74, 6) is 5.16. The maximum absolute atomic E-state index is 13.4. The van der Waals surface area contributed by atoms with Gasteiger partial charge in [-0.3, -0.25) is 11.3 Å². The lowest BCUT2D eigenvalue weighted by Gasteiger charge is -2.17. The first-order valence-corrected chi connectivity index (χ1v) is 6.99. The summed E-state index contributed by atoms with van der Waals surface area (Å²) in [4.78, 5) is 0. The molecule has 0 amide bonds. The average Bonchev–Trinajstić information content (AvgIpc) is 2.43. The van der Waals surface area contributed by atoms with Crippen LogP contribution in [0.4, 0.5) is 4.39 Å². The van der Waals surface area contributed by atoms with Crippen LogP contribution in [0.15, 0.2) is 42.5 Å². The van der Waals surface area contributed by atoms with Crippen LogP contribution in [0.3, 0.4) is 0 Å². The largest absolute Gasteiger partial charge is 0.271 e. The lowest BCUT2D eigenvalue weighted by atomic mass is 9.99. The molecule has 2 aromatic rings. The van der Waals surface area contributed by atoms with Crippen molar-refractivity contribution >= 4 is 23.2 Å². The summed E-state index contributed by atoms with van der Waals surface area (Å²) in [5.41, 5.74) is 4.54. The third kappa shape index (κ3) is 3.93. The normalized spacial score (nSPS) is 12.4. The highest BCUT2D eigenvalue weighted by Crippen LogP contribution is 2.22. The van der Waals surface area contributed by atoms with E-state index in [4.69, 9.17) is 29.0 Å². The molecule has 0 bridgehead atoms. The molecule has 0 saturated carbocycles. The van der Waals surface area contributed by atoms with Gasteiger partial charge in [-0.15, -0.1) is 0 Å². The van der Waals surface area contributed by atoms with E-state index in [-0.39, 0.29) is 11.1 Å². The van der Waals surface area contributed by atoms with Gasteiger partial charge in [-0.2, -0.15) is 0 Å². The van der Waals surface area contributed by atoms with Crippen LogP contribution in [-0.4, -0.2) is 6.04 Å². The zero-order valence-corrected chi connectivity index (χ0v) is 12.3. The number of nitrogens with two attached hydrogens (primary N) is 1. The van der Waals surface area contributed by atoms with E-state index in [0.717, 1.165) is 11.1 Å². The minimum absolute atomic E-state index is 0.0484. The molecule has 0 radical (unpaired) electrons. The van der Waals surface area contributed by atoms with Gasteiger partial charge in [-0.25, -0.2) is 4.39 Å². The standard InChI is InChI=1S/C15H15Cl2FN2/c16-12-5-1-3-10(7-12)8-13(20-19)9-11-4-2-6-14(18)15(11)17/h1-7,13,20H,8-9,19H2. The zero-order valence-electron chi connectivity index (χ0n) is 10.7. The van der Waals surface area contributed by atoms with Crippen LogP contribution in [0.2, 0.25) is 10.0 Å². The molecule has 0 fully saturated rings. The van der Waals surface area contributed by atoms with Gasteiger partial charge in [0.2, 0.25) is 0 Å². The lowest BCUT2D eigenvalue weighted by Crippen LogP contribution is -2.38. The number of rotatable bonds is 5. The lowest BCUT2D eigenvalue weighted by molar-refractivity contribution is 0.520. The Hall–Kier alpha value is -1.13. The van der Waals surface area contributed by atoms with Gasteiger partial charge in [0, 0.05) is 11.1 Å². The van der Waals surface area contributed by atoms with Crippen molar-refractivity contribution in [3.05, 3.63) is 69.5 Å². The maximum atomic E-state index is 13.4. The molecule has 1 atom stereocenters. The molecule has 0 aromatic heterocycles. The number of hydrogen-bond donors (Lipinski definition) is 2. The maximum Gasteiger partial charge on any atom is 0.142 e. The van der Waals surface area contributed by atoms with Gasteiger partial charge in [0.05, 0.1) is 5.02 Å². The van der Waals surface area contributed by atoms with Crippen LogP contribution >= 0.6 is 23.2 Å². The molecule has 2 aromatic carbocycles. The third-order valence-electron chi connectivity index (χ3n) is 3.10. The van der Waals surface area contributed by atoms with E-state index in [0.29, 0.717) is 17.9 Å². The fourth-order valence-electron chi connectivity index (χ4n) is 2.11. The molecule has 0 saturated heterocycles. The Kier molecular flexibility index (Phi) is 5.38. The molecule has 0 heterocycles. The Morgan fingerprint density at radius 2 is 1.85 bits per heavy atom. The van der Waals surface area contributed by atoms with Gasteiger partial charge in [0.1, 0.15) is 5.82 Å². The van der Waals surface area contributed by atoms with Crippen molar-refractivity contribution in [2.24, 2.45) is 5.84 Å². The predicted molar refractivity (Wildman–Crippen MR) is 81.4 cm³/mol. The van der Waals surface area contributed by atoms with Gasteiger partial charge < -0.3 is 0 Å². The first kappa shape index (κ1) is 15.3. The summed E-state index contributed by atoms with van der Waals surface area (Å²) in [6, 6.07) is 12.3. The second-order valence-corrected chi connectivity index (χ2v) is 5.43.